The smallest absolute Gasteiger partial charge is 0.244 e. The number of sulfonamides is 1. The summed E-state index contributed by atoms with van der Waals surface area (Å²) in [4.78, 5) is 27.6. The van der Waals surface area contributed by atoms with Crippen molar-refractivity contribution in [3.8, 4) is 0 Å². The van der Waals surface area contributed by atoms with Crippen molar-refractivity contribution < 1.29 is 22.4 Å². The van der Waals surface area contributed by atoms with Crippen LogP contribution in [-0.2, 0) is 26.2 Å². The Morgan fingerprint density at radius 3 is 2.29 bits per heavy atom. The van der Waals surface area contributed by atoms with Crippen molar-refractivity contribution in [1.29, 1.82) is 0 Å². The number of nitrogens with zero attached hydrogens (tertiary/aromatic N) is 2. The average molecular weight is 492 g/mol. The van der Waals surface area contributed by atoms with E-state index in [2.05, 4.69) is 5.32 Å². The van der Waals surface area contributed by atoms with E-state index in [0.29, 0.717) is 17.7 Å². The zero-order valence-corrected chi connectivity index (χ0v) is 21.4. The zero-order chi connectivity index (χ0) is 25.6. The molecule has 2 aromatic rings. The van der Waals surface area contributed by atoms with Gasteiger partial charge in [0.05, 0.1) is 11.9 Å². The van der Waals surface area contributed by atoms with Gasteiger partial charge in [-0.15, -0.1) is 0 Å². The number of carbonyl (C=O) groups excluding carboxylic acids is 2. The number of anilines is 1. The predicted octanol–water partition coefficient (Wildman–Crippen LogP) is 3.54. The molecule has 2 rings (SSSR count). The Morgan fingerprint density at radius 1 is 1.09 bits per heavy atom. The van der Waals surface area contributed by atoms with Crippen LogP contribution in [-0.4, -0.2) is 50.0 Å². The standard InChI is InChI=1S/C25H34FN3O4S/c1-7-19(4)27-25(31)20(5)28(15-21-10-8-9-11-22(21)26)24(30)16-29(34(6,32)33)23-13-12-17(2)14-18(23)3/h8-14,19-20H,7,15-16H2,1-6H3,(H,27,31)/t19-,20-/m1/s1. The second-order valence-electron chi connectivity index (χ2n) is 8.67. The fourth-order valence-corrected chi connectivity index (χ4v) is 4.45. The molecule has 0 aliphatic heterocycles. The lowest BCUT2D eigenvalue weighted by molar-refractivity contribution is -0.139. The molecular formula is C25H34FN3O4S. The summed E-state index contributed by atoms with van der Waals surface area (Å²) < 4.78 is 40.7. The van der Waals surface area contributed by atoms with Crippen molar-refractivity contribution in [1.82, 2.24) is 10.2 Å². The molecule has 2 amide bonds. The van der Waals surface area contributed by atoms with Crippen molar-refractivity contribution in [2.24, 2.45) is 0 Å². The van der Waals surface area contributed by atoms with Crippen LogP contribution in [0, 0.1) is 19.7 Å². The molecule has 0 aliphatic carbocycles. The quantitative estimate of drug-likeness (QED) is 0.551. The Balaban J connectivity index is 2.43. The van der Waals surface area contributed by atoms with E-state index >= 15 is 0 Å². The van der Waals surface area contributed by atoms with E-state index in [9.17, 15) is 22.4 Å². The molecule has 0 bridgehead atoms. The molecule has 0 fully saturated rings. The van der Waals surface area contributed by atoms with Gasteiger partial charge >= 0.3 is 0 Å². The Kier molecular flexibility index (Phi) is 9.21. The van der Waals surface area contributed by atoms with Crippen LogP contribution >= 0.6 is 0 Å². The molecule has 0 spiro atoms. The van der Waals surface area contributed by atoms with Gasteiger partial charge in [-0.3, -0.25) is 13.9 Å². The Bertz CT molecular complexity index is 1140. The van der Waals surface area contributed by atoms with Crippen LogP contribution in [0.3, 0.4) is 0 Å². The van der Waals surface area contributed by atoms with Gasteiger partial charge in [0.25, 0.3) is 0 Å². The SMILES string of the molecule is CC[C@@H](C)NC(=O)[C@@H](C)N(Cc1ccccc1F)C(=O)CN(c1ccc(C)cc1C)S(C)(=O)=O. The number of benzene rings is 2. The summed E-state index contributed by atoms with van der Waals surface area (Å²) in [5.41, 5.74) is 2.26. The predicted molar refractivity (Wildman–Crippen MR) is 132 cm³/mol. The van der Waals surface area contributed by atoms with Gasteiger partial charge in [0, 0.05) is 18.2 Å². The summed E-state index contributed by atoms with van der Waals surface area (Å²) in [5, 5.41) is 2.84. The molecule has 1 N–H and O–H groups in total. The van der Waals surface area contributed by atoms with Gasteiger partial charge in [0.1, 0.15) is 18.4 Å². The number of aryl methyl sites for hydroxylation is 2. The van der Waals surface area contributed by atoms with Crippen LogP contribution in [0.15, 0.2) is 42.5 Å². The van der Waals surface area contributed by atoms with Crippen LogP contribution < -0.4 is 9.62 Å². The second-order valence-corrected chi connectivity index (χ2v) is 10.6. The first-order valence-corrected chi connectivity index (χ1v) is 13.1. The van der Waals surface area contributed by atoms with Gasteiger partial charge in [-0.2, -0.15) is 0 Å². The molecule has 0 radical (unpaired) electrons. The summed E-state index contributed by atoms with van der Waals surface area (Å²) in [6.07, 6.45) is 1.73. The fourth-order valence-electron chi connectivity index (χ4n) is 3.54. The summed E-state index contributed by atoms with van der Waals surface area (Å²) in [6, 6.07) is 10.2. The highest BCUT2D eigenvalue weighted by molar-refractivity contribution is 7.92. The Morgan fingerprint density at radius 2 is 1.74 bits per heavy atom. The molecule has 0 aliphatic rings. The van der Waals surface area contributed by atoms with E-state index in [4.69, 9.17) is 0 Å². The van der Waals surface area contributed by atoms with Gasteiger partial charge in [-0.1, -0.05) is 42.8 Å². The summed E-state index contributed by atoms with van der Waals surface area (Å²) in [6.45, 7) is 8.29. The zero-order valence-electron chi connectivity index (χ0n) is 20.6. The van der Waals surface area contributed by atoms with Gasteiger partial charge in [-0.05, 0) is 51.8 Å². The van der Waals surface area contributed by atoms with Crippen LogP contribution in [0.1, 0.15) is 43.9 Å². The number of rotatable bonds is 10. The van der Waals surface area contributed by atoms with Gasteiger partial charge in [0.15, 0.2) is 0 Å². The highest BCUT2D eigenvalue weighted by Crippen LogP contribution is 2.24. The third-order valence-corrected chi connectivity index (χ3v) is 6.89. The minimum Gasteiger partial charge on any atom is -0.352 e. The van der Waals surface area contributed by atoms with E-state index in [1.807, 2.05) is 26.8 Å². The third-order valence-electron chi connectivity index (χ3n) is 5.77. The van der Waals surface area contributed by atoms with Gasteiger partial charge < -0.3 is 10.2 Å². The molecule has 0 unspecified atom stereocenters. The van der Waals surface area contributed by atoms with Gasteiger partial charge in [0.2, 0.25) is 21.8 Å². The Labute approximate surface area is 202 Å². The van der Waals surface area contributed by atoms with E-state index in [-0.39, 0.29) is 18.2 Å². The molecule has 2 atom stereocenters. The largest absolute Gasteiger partial charge is 0.352 e. The highest BCUT2D eigenvalue weighted by atomic mass is 32.2. The maximum absolute atomic E-state index is 14.4. The summed E-state index contributed by atoms with van der Waals surface area (Å²) >= 11 is 0. The number of hydrogen-bond donors (Lipinski definition) is 1. The van der Waals surface area contributed by atoms with E-state index in [0.717, 1.165) is 16.1 Å². The number of carbonyl (C=O) groups is 2. The number of amides is 2. The van der Waals surface area contributed by atoms with Crippen LogP contribution in [0.4, 0.5) is 10.1 Å². The van der Waals surface area contributed by atoms with Crippen molar-refractivity contribution in [2.75, 3.05) is 17.1 Å². The lowest BCUT2D eigenvalue weighted by Crippen LogP contribution is -2.52. The number of nitrogens with one attached hydrogen (secondary N) is 1. The molecule has 34 heavy (non-hydrogen) atoms. The van der Waals surface area contributed by atoms with E-state index in [1.165, 1.54) is 23.1 Å². The maximum atomic E-state index is 14.4. The molecule has 7 nitrogen and oxygen atoms in total. The second kappa shape index (κ2) is 11.5. The minimum atomic E-state index is -3.82. The molecule has 9 heteroatoms. The number of halogens is 1. The van der Waals surface area contributed by atoms with Crippen LogP contribution in [0.2, 0.25) is 0 Å². The first kappa shape index (κ1) is 27.3. The first-order chi connectivity index (χ1) is 15.8. The Hall–Kier alpha value is -2.94. The van der Waals surface area contributed by atoms with Crippen molar-refractivity contribution in [2.45, 2.75) is 59.7 Å². The summed E-state index contributed by atoms with van der Waals surface area (Å²) in [5.74, 6) is -1.51. The van der Waals surface area contributed by atoms with Crippen molar-refractivity contribution in [3.05, 3.63) is 65.0 Å². The van der Waals surface area contributed by atoms with E-state index in [1.54, 1.807) is 32.0 Å². The van der Waals surface area contributed by atoms with E-state index < -0.39 is 40.2 Å². The molecule has 0 heterocycles. The normalized spacial score (nSPS) is 13.1. The molecule has 0 saturated carbocycles. The minimum absolute atomic E-state index is 0.108. The van der Waals surface area contributed by atoms with Crippen molar-refractivity contribution in [3.63, 3.8) is 0 Å². The maximum Gasteiger partial charge on any atom is 0.244 e. The first-order valence-electron chi connectivity index (χ1n) is 11.2. The molecule has 2 aromatic carbocycles. The molecule has 0 saturated heterocycles. The topological polar surface area (TPSA) is 86.8 Å². The lowest BCUT2D eigenvalue weighted by Gasteiger charge is -2.32. The summed E-state index contributed by atoms with van der Waals surface area (Å²) in [7, 11) is -3.82. The third kappa shape index (κ3) is 7.03. The highest BCUT2D eigenvalue weighted by Gasteiger charge is 2.31. The molecule has 0 aromatic heterocycles. The van der Waals surface area contributed by atoms with Crippen LogP contribution in [0.25, 0.3) is 0 Å². The lowest BCUT2D eigenvalue weighted by atomic mass is 10.1. The fraction of sp³-hybridized carbons (Fsp3) is 0.440. The van der Waals surface area contributed by atoms with Crippen LogP contribution in [0.5, 0.6) is 0 Å². The average Bonchev–Trinajstić information content (AvgIpc) is 2.76. The molecule has 186 valence electrons. The van der Waals surface area contributed by atoms with Gasteiger partial charge in [-0.25, -0.2) is 12.8 Å². The van der Waals surface area contributed by atoms with Crippen molar-refractivity contribution >= 4 is 27.5 Å². The molecular weight excluding hydrogens is 457 g/mol. The monoisotopic (exact) mass is 491 g/mol. The number of hydrogen-bond acceptors (Lipinski definition) is 4.